The maximum absolute atomic E-state index is 13.4. The summed E-state index contributed by atoms with van der Waals surface area (Å²) in [5.41, 5.74) is 1.38. The molecule has 34 heavy (non-hydrogen) atoms. The van der Waals surface area contributed by atoms with Gasteiger partial charge in [0.2, 0.25) is 5.91 Å². The summed E-state index contributed by atoms with van der Waals surface area (Å²) in [6.07, 6.45) is 0. The van der Waals surface area contributed by atoms with Gasteiger partial charge in [0.15, 0.2) is 0 Å². The van der Waals surface area contributed by atoms with Crippen LogP contribution in [0.2, 0.25) is 10.0 Å². The molecule has 0 atom stereocenters. The van der Waals surface area contributed by atoms with Crippen LogP contribution in [0, 0.1) is 0 Å². The van der Waals surface area contributed by atoms with Gasteiger partial charge in [0.25, 0.3) is 10.0 Å². The van der Waals surface area contributed by atoms with Crippen LogP contribution in [0.25, 0.3) is 10.2 Å². The molecule has 4 rings (SSSR count). The molecule has 1 aromatic heterocycles. The second kappa shape index (κ2) is 9.79. The van der Waals surface area contributed by atoms with Gasteiger partial charge in [-0.3, -0.25) is 18.5 Å². The van der Waals surface area contributed by atoms with Crippen LogP contribution in [0.3, 0.4) is 0 Å². The maximum Gasteiger partial charge on any atom is 0.308 e. The highest BCUT2D eigenvalue weighted by molar-refractivity contribution is 7.92. The Balaban J connectivity index is 1.67. The van der Waals surface area contributed by atoms with E-state index in [1.165, 1.54) is 30.3 Å². The van der Waals surface area contributed by atoms with E-state index in [1.807, 2.05) is 6.92 Å². The van der Waals surface area contributed by atoms with E-state index in [1.54, 1.807) is 41.0 Å². The molecule has 0 saturated carbocycles. The molecule has 1 amide bonds. The molecule has 4 aromatic rings. The lowest BCUT2D eigenvalue weighted by molar-refractivity contribution is -0.114. The van der Waals surface area contributed by atoms with Gasteiger partial charge in [-0.2, -0.15) is 0 Å². The number of rotatable bonds is 7. The van der Waals surface area contributed by atoms with Gasteiger partial charge in [0.05, 0.1) is 20.8 Å². The summed E-state index contributed by atoms with van der Waals surface area (Å²) in [5.74, 6) is -0.572. The van der Waals surface area contributed by atoms with E-state index >= 15 is 0 Å². The topological polar surface area (TPSA) is 88.5 Å². The Morgan fingerprint density at radius 3 is 2.35 bits per heavy atom. The number of carbonyl (C=O) groups is 1. The van der Waals surface area contributed by atoms with Crippen LogP contribution in [-0.2, 0) is 21.4 Å². The normalized spacial score (nSPS) is 11.5. The molecule has 0 aliphatic rings. The highest BCUT2D eigenvalue weighted by atomic mass is 35.5. The molecule has 0 spiro atoms. The summed E-state index contributed by atoms with van der Waals surface area (Å²) in [6.45, 7) is 1.91. The van der Waals surface area contributed by atoms with E-state index in [0.29, 0.717) is 12.2 Å². The molecule has 176 valence electrons. The van der Waals surface area contributed by atoms with Gasteiger partial charge < -0.3 is 5.32 Å². The Kier molecular flexibility index (Phi) is 6.99. The zero-order valence-electron chi connectivity index (χ0n) is 17.9. The van der Waals surface area contributed by atoms with Gasteiger partial charge in [-0.05, 0) is 55.5 Å². The molecule has 7 nitrogen and oxygen atoms in total. The number of carbonyl (C=O) groups excluding carboxylic acids is 1. The third-order valence-corrected chi connectivity index (χ3v) is 8.19. The number of fused-ring (bicyclic) bond motifs is 1. The Bertz CT molecular complexity index is 1510. The van der Waals surface area contributed by atoms with E-state index in [4.69, 9.17) is 23.2 Å². The molecular weight excluding hydrogens is 517 g/mol. The lowest BCUT2D eigenvalue weighted by atomic mass is 10.3. The van der Waals surface area contributed by atoms with Crippen molar-refractivity contribution in [2.45, 2.75) is 18.4 Å². The summed E-state index contributed by atoms with van der Waals surface area (Å²) < 4.78 is 30.2. The molecule has 0 unspecified atom stereocenters. The largest absolute Gasteiger partial charge is 0.324 e. The number of anilines is 2. The first-order chi connectivity index (χ1) is 16.2. The van der Waals surface area contributed by atoms with Crippen molar-refractivity contribution in [1.82, 2.24) is 4.57 Å². The van der Waals surface area contributed by atoms with E-state index in [-0.39, 0.29) is 25.5 Å². The van der Waals surface area contributed by atoms with Crippen LogP contribution >= 0.6 is 34.5 Å². The summed E-state index contributed by atoms with van der Waals surface area (Å²) in [7, 11) is -4.10. The number of thiazole rings is 1. The van der Waals surface area contributed by atoms with Crippen molar-refractivity contribution in [3.63, 3.8) is 0 Å². The molecule has 1 N–H and O–H groups in total. The van der Waals surface area contributed by atoms with Crippen molar-refractivity contribution >= 4 is 72.1 Å². The lowest BCUT2D eigenvalue weighted by Crippen LogP contribution is -2.38. The average Bonchev–Trinajstić information content (AvgIpc) is 3.11. The van der Waals surface area contributed by atoms with E-state index in [9.17, 15) is 18.0 Å². The molecule has 0 aliphatic carbocycles. The number of nitrogens with one attached hydrogen (secondary N) is 1. The number of halogens is 2. The molecule has 0 saturated heterocycles. The highest BCUT2D eigenvalue weighted by Crippen LogP contribution is 2.30. The van der Waals surface area contributed by atoms with Gasteiger partial charge in [0.1, 0.15) is 6.54 Å². The minimum atomic E-state index is -4.10. The molecule has 11 heteroatoms. The fraction of sp³-hybridized carbons (Fsp3) is 0.130. The van der Waals surface area contributed by atoms with E-state index < -0.39 is 22.5 Å². The lowest BCUT2D eigenvalue weighted by Gasteiger charge is -2.24. The van der Waals surface area contributed by atoms with Crippen LogP contribution in [0.5, 0.6) is 0 Å². The van der Waals surface area contributed by atoms with Crippen LogP contribution in [0.4, 0.5) is 11.4 Å². The van der Waals surface area contributed by atoms with Crippen molar-refractivity contribution in [2.75, 3.05) is 16.2 Å². The number of aromatic nitrogens is 1. The monoisotopic (exact) mass is 535 g/mol. The fourth-order valence-electron chi connectivity index (χ4n) is 3.49. The van der Waals surface area contributed by atoms with E-state index in [0.717, 1.165) is 25.9 Å². The number of nitrogens with zero attached hydrogens (tertiary/aromatic N) is 2. The SMILES string of the molecule is CCn1c(=O)sc2cc(NC(=O)CN(c3cc(Cl)cc(Cl)c3)S(=O)(=O)c3ccccc3)ccc21. The van der Waals surface area contributed by atoms with Crippen molar-refractivity contribution in [3.8, 4) is 0 Å². The molecule has 1 heterocycles. The number of amides is 1. The summed E-state index contributed by atoms with van der Waals surface area (Å²) in [4.78, 5) is 25.0. The predicted molar refractivity (Wildman–Crippen MR) is 138 cm³/mol. The minimum absolute atomic E-state index is 0.0194. The van der Waals surface area contributed by atoms with Crippen LogP contribution in [-0.4, -0.2) is 25.4 Å². The molecule has 3 aromatic carbocycles. The first-order valence-corrected chi connectivity index (χ1v) is 13.2. The fourth-order valence-corrected chi connectivity index (χ4v) is 6.43. The third-order valence-electron chi connectivity index (χ3n) is 5.02. The number of benzene rings is 3. The number of aryl methyl sites for hydroxylation is 1. The average molecular weight is 536 g/mol. The Morgan fingerprint density at radius 2 is 1.71 bits per heavy atom. The molecule has 0 fully saturated rings. The van der Waals surface area contributed by atoms with Gasteiger partial charge in [-0.25, -0.2) is 8.42 Å². The van der Waals surface area contributed by atoms with Gasteiger partial charge in [-0.15, -0.1) is 0 Å². The zero-order chi connectivity index (χ0) is 24.5. The Morgan fingerprint density at radius 1 is 1.03 bits per heavy atom. The van der Waals surface area contributed by atoms with Gasteiger partial charge in [0, 0.05) is 22.3 Å². The second-order valence-electron chi connectivity index (χ2n) is 7.30. The summed E-state index contributed by atoms with van der Waals surface area (Å²) in [6, 6.07) is 17.2. The van der Waals surface area contributed by atoms with Crippen molar-refractivity contribution in [1.29, 1.82) is 0 Å². The standard InChI is InChI=1S/C23H19Cl2N3O4S2/c1-2-27-20-9-8-17(13-21(20)33-23(27)30)26-22(29)14-28(18-11-15(24)10-16(25)12-18)34(31,32)19-6-4-3-5-7-19/h3-13H,2,14H2,1H3,(H,26,29). The van der Waals surface area contributed by atoms with Crippen molar-refractivity contribution < 1.29 is 13.2 Å². The first-order valence-electron chi connectivity index (χ1n) is 10.2. The molecule has 0 bridgehead atoms. The van der Waals surface area contributed by atoms with Crippen molar-refractivity contribution in [3.05, 3.63) is 86.4 Å². The minimum Gasteiger partial charge on any atom is -0.324 e. The Hall–Kier alpha value is -2.85. The highest BCUT2D eigenvalue weighted by Gasteiger charge is 2.28. The Labute approximate surface area is 210 Å². The molecule has 0 aliphatic heterocycles. The summed E-state index contributed by atoms with van der Waals surface area (Å²) >= 11 is 13.3. The van der Waals surface area contributed by atoms with Crippen LogP contribution < -0.4 is 14.5 Å². The number of hydrogen-bond donors (Lipinski definition) is 1. The molecular formula is C23H19Cl2N3O4S2. The second-order valence-corrected chi connectivity index (χ2v) is 11.0. The number of sulfonamides is 1. The predicted octanol–water partition coefficient (Wildman–Crippen LogP) is 5.22. The van der Waals surface area contributed by atoms with Crippen molar-refractivity contribution in [2.24, 2.45) is 0 Å². The zero-order valence-corrected chi connectivity index (χ0v) is 21.0. The maximum atomic E-state index is 13.4. The molecule has 0 radical (unpaired) electrons. The van der Waals surface area contributed by atoms with Gasteiger partial charge >= 0.3 is 4.87 Å². The van der Waals surface area contributed by atoms with Crippen LogP contribution in [0.1, 0.15) is 6.92 Å². The smallest absolute Gasteiger partial charge is 0.308 e. The third kappa shape index (κ3) is 4.97. The van der Waals surface area contributed by atoms with Gasteiger partial charge in [-0.1, -0.05) is 52.7 Å². The number of hydrogen-bond acceptors (Lipinski definition) is 5. The van der Waals surface area contributed by atoms with E-state index in [2.05, 4.69) is 5.32 Å². The first kappa shape index (κ1) is 24.3. The quantitative estimate of drug-likeness (QED) is 0.351. The van der Waals surface area contributed by atoms with Crippen LogP contribution in [0.15, 0.2) is 76.4 Å². The summed E-state index contributed by atoms with van der Waals surface area (Å²) in [5, 5.41) is 3.18.